The van der Waals surface area contributed by atoms with Gasteiger partial charge in [-0.25, -0.2) is 9.37 Å². The van der Waals surface area contributed by atoms with Crippen LogP contribution in [0.2, 0.25) is 30.8 Å². The van der Waals surface area contributed by atoms with Gasteiger partial charge in [0.15, 0.2) is 5.65 Å². The zero-order valence-corrected chi connectivity index (χ0v) is 18.9. The van der Waals surface area contributed by atoms with Gasteiger partial charge in [0.1, 0.15) is 23.5 Å². The van der Waals surface area contributed by atoms with Crippen LogP contribution in [0.1, 0.15) is 0 Å². The Labute approximate surface area is 180 Å². The molecule has 0 aliphatic heterocycles. The number of fused-ring (bicyclic) bond motifs is 2. The number of rotatable bonds is 7. The highest BCUT2D eigenvalue weighted by atomic mass is 35.5. The minimum atomic E-state index is -1.13. The SMILES string of the molecule is C[Si](C)(C)CCOCNc1cc(Cl)nc2c(-c3cnc4ccc(F)cc4c3)cnn12. The van der Waals surface area contributed by atoms with Crippen molar-refractivity contribution in [3.05, 3.63) is 53.7 Å². The second-order valence-electron chi connectivity index (χ2n) is 8.36. The van der Waals surface area contributed by atoms with E-state index in [9.17, 15) is 4.39 Å². The summed E-state index contributed by atoms with van der Waals surface area (Å²) in [5.41, 5.74) is 2.86. The molecule has 4 aromatic rings. The first-order chi connectivity index (χ1) is 14.3. The van der Waals surface area contributed by atoms with Gasteiger partial charge in [0, 0.05) is 43.5 Å². The molecule has 0 unspecified atom stereocenters. The van der Waals surface area contributed by atoms with Crippen molar-refractivity contribution >= 4 is 42.0 Å². The van der Waals surface area contributed by atoms with Crippen molar-refractivity contribution in [2.24, 2.45) is 0 Å². The first-order valence-electron chi connectivity index (χ1n) is 9.72. The monoisotopic (exact) mass is 443 g/mol. The quantitative estimate of drug-likeness (QED) is 0.178. The Morgan fingerprint density at radius 1 is 1.17 bits per heavy atom. The molecule has 9 heteroatoms. The van der Waals surface area contributed by atoms with Gasteiger partial charge in [-0.3, -0.25) is 4.98 Å². The largest absolute Gasteiger partial charge is 0.362 e. The van der Waals surface area contributed by atoms with Crippen molar-refractivity contribution in [3.8, 4) is 11.1 Å². The average Bonchev–Trinajstić information content (AvgIpc) is 3.10. The third-order valence-electron chi connectivity index (χ3n) is 4.75. The molecular weight excluding hydrogens is 421 g/mol. The average molecular weight is 444 g/mol. The van der Waals surface area contributed by atoms with Gasteiger partial charge < -0.3 is 10.1 Å². The maximum Gasteiger partial charge on any atom is 0.166 e. The summed E-state index contributed by atoms with van der Waals surface area (Å²) in [6.45, 7) is 8.02. The van der Waals surface area contributed by atoms with Gasteiger partial charge in [-0.2, -0.15) is 9.61 Å². The standard InChI is InChI=1S/C21H23ClFN5OSi/c1-30(2,3)7-6-29-13-25-20-10-19(22)27-21-17(12-26-28(20)21)15-8-14-9-16(23)4-5-18(14)24-11-15/h4-5,8-12,25H,6-7,13H2,1-3H3. The van der Waals surface area contributed by atoms with Crippen LogP contribution < -0.4 is 5.32 Å². The normalized spacial score (nSPS) is 12.0. The van der Waals surface area contributed by atoms with E-state index in [2.05, 4.69) is 40.0 Å². The number of benzene rings is 1. The molecule has 1 N–H and O–H groups in total. The van der Waals surface area contributed by atoms with Gasteiger partial charge in [0.2, 0.25) is 0 Å². The number of nitrogens with zero attached hydrogens (tertiary/aromatic N) is 4. The molecule has 30 heavy (non-hydrogen) atoms. The van der Waals surface area contributed by atoms with Crippen molar-refractivity contribution in [2.75, 3.05) is 18.7 Å². The molecule has 4 rings (SSSR count). The van der Waals surface area contributed by atoms with Gasteiger partial charge in [-0.05, 0) is 30.3 Å². The van der Waals surface area contributed by atoms with Crippen molar-refractivity contribution in [2.45, 2.75) is 25.7 Å². The van der Waals surface area contributed by atoms with E-state index < -0.39 is 8.07 Å². The number of halogens is 2. The molecule has 1 aromatic carbocycles. The zero-order chi connectivity index (χ0) is 21.3. The second-order valence-corrected chi connectivity index (χ2v) is 14.4. The maximum absolute atomic E-state index is 13.6. The molecule has 0 amide bonds. The summed E-state index contributed by atoms with van der Waals surface area (Å²) in [5, 5.41) is 8.73. The van der Waals surface area contributed by atoms with E-state index in [0.29, 0.717) is 35.3 Å². The Hall–Kier alpha value is -2.55. The molecule has 0 spiro atoms. The van der Waals surface area contributed by atoms with Gasteiger partial charge in [0.05, 0.1) is 11.7 Å². The number of aromatic nitrogens is 4. The van der Waals surface area contributed by atoms with Crippen molar-refractivity contribution < 1.29 is 9.13 Å². The lowest BCUT2D eigenvalue weighted by Crippen LogP contribution is -2.22. The Balaban J connectivity index is 1.61. The number of hydrogen-bond donors (Lipinski definition) is 1. The van der Waals surface area contributed by atoms with E-state index in [4.69, 9.17) is 16.3 Å². The predicted octanol–water partition coefficient (Wildman–Crippen LogP) is 5.46. The Kier molecular flexibility index (Phi) is 5.72. The van der Waals surface area contributed by atoms with Crippen LogP contribution in [0.3, 0.4) is 0 Å². The van der Waals surface area contributed by atoms with Crippen molar-refractivity contribution in [1.29, 1.82) is 0 Å². The van der Waals surface area contributed by atoms with E-state index in [0.717, 1.165) is 22.7 Å². The van der Waals surface area contributed by atoms with Crippen molar-refractivity contribution in [1.82, 2.24) is 19.6 Å². The van der Waals surface area contributed by atoms with E-state index in [1.807, 2.05) is 6.07 Å². The summed E-state index contributed by atoms with van der Waals surface area (Å²) in [4.78, 5) is 8.86. The fourth-order valence-corrected chi connectivity index (χ4v) is 4.03. The van der Waals surface area contributed by atoms with E-state index in [1.165, 1.54) is 12.1 Å². The molecule has 0 aliphatic carbocycles. The smallest absolute Gasteiger partial charge is 0.166 e. The van der Waals surface area contributed by atoms with Crippen LogP contribution in [0.5, 0.6) is 0 Å². The fourth-order valence-electron chi connectivity index (χ4n) is 3.09. The highest BCUT2D eigenvalue weighted by molar-refractivity contribution is 6.76. The fraction of sp³-hybridized carbons (Fsp3) is 0.286. The van der Waals surface area contributed by atoms with Crippen LogP contribution in [0.25, 0.3) is 27.7 Å². The topological polar surface area (TPSA) is 64.3 Å². The second kappa shape index (κ2) is 8.29. The summed E-state index contributed by atoms with van der Waals surface area (Å²) < 4.78 is 21.0. The number of nitrogens with one attached hydrogen (secondary N) is 1. The molecule has 6 nitrogen and oxygen atoms in total. The summed E-state index contributed by atoms with van der Waals surface area (Å²) in [6, 6.07) is 9.20. The molecule has 0 radical (unpaired) electrons. The molecule has 0 aliphatic rings. The molecule has 0 fully saturated rings. The third-order valence-corrected chi connectivity index (χ3v) is 6.64. The van der Waals surface area contributed by atoms with Crippen molar-refractivity contribution in [3.63, 3.8) is 0 Å². The lowest BCUT2D eigenvalue weighted by Gasteiger charge is -2.16. The van der Waals surface area contributed by atoms with Crippen LogP contribution in [-0.2, 0) is 4.74 Å². The first kappa shape index (κ1) is 20.7. The summed E-state index contributed by atoms with van der Waals surface area (Å²) in [5.74, 6) is 0.382. The van der Waals surface area contributed by atoms with Gasteiger partial charge in [-0.1, -0.05) is 31.2 Å². The number of pyridine rings is 1. The summed E-state index contributed by atoms with van der Waals surface area (Å²) in [6.07, 6.45) is 3.44. The van der Waals surface area contributed by atoms with Crippen LogP contribution in [-0.4, -0.2) is 41.0 Å². The summed E-state index contributed by atoms with van der Waals surface area (Å²) in [7, 11) is -1.13. The van der Waals surface area contributed by atoms with Crippen LogP contribution in [0.15, 0.2) is 42.7 Å². The lowest BCUT2D eigenvalue weighted by molar-refractivity contribution is 0.165. The van der Waals surface area contributed by atoms with Crippen LogP contribution >= 0.6 is 11.6 Å². The van der Waals surface area contributed by atoms with Crippen LogP contribution in [0.4, 0.5) is 10.2 Å². The Morgan fingerprint density at radius 2 is 2.00 bits per heavy atom. The Morgan fingerprint density at radius 3 is 2.80 bits per heavy atom. The molecule has 0 saturated carbocycles. The molecule has 156 valence electrons. The Bertz CT molecular complexity index is 1210. The minimum Gasteiger partial charge on any atom is -0.362 e. The molecule has 0 bridgehead atoms. The first-order valence-corrected chi connectivity index (χ1v) is 13.8. The lowest BCUT2D eigenvalue weighted by atomic mass is 10.1. The third kappa shape index (κ3) is 4.61. The van der Waals surface area contributed by atoms with E-state index in [-0.39, 0.29) is 5.82 Å². The predicted molar refractivity (Wildman–Crippen MR) is 121 cm³/mol. The molecule has 0 atom stereocenters. The van der Waals surface area contributed by atoms with Gasteiger partial charge in [0.25, 0.3) is 0 Å². The molecule has 3 heterocycles. The van der Waals surface area contributed by atoms with Gasteiger partial charge >= 0.3 is 0 Å². The number of hydrogen-bond acceptors (Lipinski definition) is 5. The zero-order valence-electron chi connectivity index (χ0n) is 17.1. The molecular formula is C21H23ClFN5OSi. The highest BCUT2D eigenvalue weighted by Gasteiger charge is 2.14. The van der Waals surface area contributed by atoms with Crippen LogP contribution in [0, 0.1) is 5.82 Å². The summed E-state index contributed by atoms with van der Waals surface area (Å²) >= 11 is 6.26. The maximum atomic E-state index is 13.6. The van der Waals surface area contributed by atoms with E-state index in [1.54, 1.807) is 29.0 Å². The molecule has 0 saturated heterocycles. The van der Waals surface area contributed by atoms with Gasteiger partial charge in [-0.15, -0.1) is 0 Å². The number of ether oxygens (including phenoxy) is 1. The highest BCUT2D eigenvalue weighted by Crippen LogP contribution is 2.28. The number of anilines is 1. The minimum absolute atomic E-state index is 0.303. The molecule has 3 aromatic heterocycles. The van der Waals surface area contributed by atoms with E-state index >= 15 is 0 Å².